The average Bonchev–Trinajstić information content (AvgIpc) is 2.60. The third kappa shape index (κ3) is 2.74. The maximum Gasteiger partial charge on any atom is 0.397 e. The van der Waals surface area contributed by atoms with Crippen molar-refractivity contribution in [1.82, 2.24) is 4.98 Å². The molecule has 3 N–H and O–H groups in total. The summed E-state index contributed by atoms with van der Waals surface area (Å²) in [5.41, 5.74) is 5.95. The first-order valence-corrected chi connectivity index (χ1v) is 5.34. The van der Waals surface area contributed by atoms with Crippen LogP contribution >= 0.6 is 24.0 Å². The third-order valence-corrected chi connectivity index (χ3v) is 2.92. The highest BCUT2D eigenvalue weighted by Crippen LogP contribution is 2.37. The number of aromatic nitrogens is 1. The van der Waals surface area contributed by atoms with E-state index in [4.69, 9.17) is 17.3 Å². The Morgan fingerprint density at radius 3 is 2.56 bits per heavy atom. The van der Waals surface area contributed by atoms with Crippen molar-refractivity contribution in [3.8, 4) is 0 Å². The van der Waals surface area contributed by atoms with Crippen LogP contribution in [0.2, 0.25) is 5.02 Å². The molecule has 0 saturated carbocycles. The highest BCUT2D eigenvalue weighted by atomic mass is 35.5. The molecule has 0 aliphatic rings. The van der Waals surface area contributed by atoms with Crippen LogP contribution in [0.1, 0.15) is 11.5 Å². The van der Waals surface area contributed by atoms with Gasteiger partial charge in [0.05, 0.1) is 5.92 Å². The molecule has 0 aliphatic heterocycles. The number of H-pyrrole nitrogens is 1. The Balaban J connectivity index is 0.00000162. The van der Waals surface area contributed by atoms with Crippen molar-refractivity contribution >= 4 is 34.9 Å². The molecule has 0 spiro atoms. The largest absolute Gasteiger partial charge is 0.397 e. The van der Waals surface area contributed by atoms with E-state index < -0.39 is 18.6 Å². The topological polar surface area (TPSA) is 41.8 Å². The second kappa shape index (κ2) is 5.38. The van der Waals surface area contributed by atoms with Gasteiger partial charge in [-0.25, -0.2) is 0 Å². The lowest BCUT2D eigenvalue weighted by Gasteiger charge is -2.17. The molecule has 0 fully saturated rings. The summed E-state index contributed by atoms with van der Waals surface area (Å²) in [6.07, 6.45) is -3.00. The minimum Gasteiger partial charge on any atom is -0.361 e. The number of benzene rings is 1. The van der Waals surface area contributed by atoms with Crippen LogP contribution in [-0.4, -0.2) is 17.7 Å². The van der Waals surface area contributed by atoms with Crippen molar-refractivity contribution in [2.24, 2.45) is 5.73 Å². The van der Waals surface area contributed by atoms with Gasteiger partial charge in [-0.1, -0.05) is 17.7 Å². The van der Waals surface area contributed by atoms with Crippen LogP contribution in [0.5, 0.6) is 0 Å². The van der Waals surface area contributed by atoms with Crippen molar-refractivity contribution in [1.29, 1.82) is 0 Å². The second-order valence-electron chi connectivity index (χ2n) is 3.76. The van der Waals surface area contributed by atoms with E-state index in [2.05, 4.69) is 4.98 Å². The van der Waals surface area contributed by atoms with Crippen LogP contribution in [0, 0.1) is 0 Å². The summed E-state index contributed by atoms with van der Waals surface area (Å²) in [5.74, 6) is -1.66. The number of nitrogens with one attached hydrogen (secondary N) is 1. The molecule has 1 atom stereocenters. The number of halogens is 5. The van der Waals surface area contributed by atoms with Gasteiger partial charge in [-0.3, -0.25) is 0 Å². The number of hydrogen-bond donors (Lipinski definition) is 2. The van der Waals surface area contributed by atoms with Gasteiger partial charge in [0.15, 0.2) is 0 Å². The van der Waals surface area contributed by atoms with E-state index in [0.717, 1.165) is 0 Å². The monoisotopic (exact) mass is 298 g/mol. The smallest absolute Gasteiger partial charge is 0.361 e. The molecule has 0 saturated heterocycles. The Bertz CT molecular complexity index is 537. The van der Waals surface area contributed by atoms with Gasteiger partial charge < -0.3 is 10.7 Å². The molecule has 1 unspecified atom stereocenters. The molecule has 1 aromatic carbocycles. The third-order valence-electron chi connectivity index (χ3n) is 2.68. The van der Waals surface area contributed by atoms with Crippen molar-refractivity contribution in [3.63, 3.8) is 0 Å². The first kappa shape index (κ1) is 15.1. The van der Waals surface area contributed by atoms with Crippen molar-refractivity contribution < 1.29 is 13.2 Å². The molecule has 18 heavy (non-hydrogen) atoms. The molecular formula is C11H11Cl2F3N2. The Hall–Kier alpha value is -0.910. The van der Waals surface area contributed by atoms with E-state index in [9.17, 15) is 13.2 Å². The zero-order valence-electron chi connectivity index (χ0n) is 9.09. The van der Waals surface area contributed by atoms with Gasteiger partial charge in [-0.2, -0.15) is 13.2 Å². The van der Waals surface area contributed by atoms with E-state index in [0.29, 0.717) is 15.9 Å². The quantitative estimate of drug-likeness (QED) is 0.869. The summed E-state index contributed by atoms with van der Waals surface area (Å²) < 4.78 is 38.3. The summed E-state index contributed by atoms with van der Waals surface area (Å²) in [6.45, 7) is -0.473. The molecule has 2 rings (SSSR count). The van der Waals surface area contributed by atoms with Gasteiger partial charge in [-0.05, 0) is 17.7 Å². The Morgan fingerprint density at radius 1 is 1.33 bits per heavy atom. The molecule has 100 valence electrons. The van der Waals surface area contributed by atoms with Gasteiger partial charge >= 0.3 is 6.18 Å². The normalized spacial score (nSPS) is 13.4. The Kier molecular flexibility index (Phi) is 4.53. The first-order chi connectivity index (χ1) is 7.93. The number of hydrogen-bond acceptors (Lipinski definition) is 1. The molecule has 0 amide bonds. The van der Waals surface area contributed by atoms with Gasteiger partial charge in [0.25, 0.3) is 0 Å². The second-order valence-corrected chi connectivity index (χ2v) is 4.20. The summed E-state index contributed by atoms with van der Waals surface area (Å²) in [5, 5.41) is 0.976. The summed E-state index contributed by atoms with van der Waals surface area (Å²) in [4.78, 5) is 2.78. The molecule has 2 aromatic rings. The zero-order chi connectivity index (χ0) is 12.6. The van der Waals surface area contributed by atoms with Crippen molar-refractivity contribution in [2.75, 3.05) is 6.54 Å². The predicted octanol–water partition coefficient (Wildman–Crippen LogP) is 3.85. The molecule has 0 radical (unpaired) electrons. The molecule has 1 aromatic heterocycles. The molecule has 1 heterocycles. The maximum absolute atomic E-state index is 12.8. The van der Waals surface area contributed by atoms with Crippen LogP contribution in [0.15, 0.2) is 24.4 Å². The van der Waals surface area contributed by atoms with Crippen LogP contribution in [0.25, 0.3) is 10.9 Å². The minimum absolute atomic E-state index is 0. The summed E-state index contributed by atoms with van der Waals surface area (Å²) in [6, 6.07) is 4.72. The Labute approximate surface area is 113 Å². The number of aromatic amines is 1. The molecular weight excluding hydrogens is 288 g/mol. The van der Waals surface area contributed by atoms with E-state index in [1.54, 1.807) is 18.2 Å². The fourth-order valence-electron chi connectivity index (χ4n) is 1.85. The molecule has 7 heteroatoms. The maximum atomic E-state index is 12.8. The number of fused-ring (bicyclic) bond motifs is 1. The molecule has 2 nitrogen and oxygen atoms in total. The number of alkyl halides is 3. The SMILES string of the molecule is Cl.NCC(c1c[nH]c2cc(Cl)ccc12)C(F)(F)F. The van der Waals surface area contributed by atoms with Gasteiger partial charge in [0.2, 0.25) is 0 Å². The van der Waals surface area contributed by atoms with Crippen molar-refractivity contribution in [3.05, 3.63) is 35.0 Å². The number of rotatable bonds is 2. The highest BCUT2D eigenvalue weighted by molar-refractivity contribution is 6.31. The summed E-state index contributed by atoms with van der Waals surface area (Å²) in [7, 11) is 0. The fourth-order valence-corrected chi connectivity index (χ4v) is 2.02. The van der Waals surface area contributed by atoms with Gasteiger partial charge in [0, 0.05) is 28.7 Å². The first-order valence-electron chi connectivity index (χ1n) is 4.97. The summed E-state index contributed by atoms with van der Waals surface area (Å²) >= 11 is 5.76. The van der Waals surface area contributed by atoms with E-state index in [1.807, 2.05) is 0 Å². The molecule has 0 bridgehead atoms. The van der Waals surface area contributed by atoms with Crippen molar-refractivity contribution in [2.45, 2.75) is 12.1 Å². The lowest BCUT2D eigenvalue weighted by atomic mass is 9.98. The standard InChI is InChI=1S/C11H10ClF3N2.ClH/c12-6-1-2-7-8(5-17-10(7)3-6)9(4-16)11(13,14)15;/h1-3,5,9,17H,4,16H2;1H. The predicted molar refractivity (Wildman–Crippen MR) is 68.4 cm³/mol. The van der Waals surface area contributed by atoms with Crippen LogP contribution in [-0.2, 0) is 0 Å². The highest BCUT2D eigenvalue weighted by Gasteiger charge is 2.40. The van der Waals surface area contributed by atoms with E-state index in [1.165, 1.54) is 6.20 Å². The minimum atomic E-state index is -4.34. The average molecular weight is 299 g/mol. The zero-order valence-corrected chi connectivity index (χ0v) is 10.7. The lowest BCUT2D eigenvalue weighted by Crippen LogP contribution is -2.27. The fraction of sp³-hybridized carbons (Fsp3) is 0.273. The van der Waals surface area contributed by atoms with Gasteiger partial charge in [-0.15, -0.1) is 12.4 Å². The van der Waals surface area contributed by atoms with Crippen LogP contribution in [0.4, 0.5) is 13.2 Å². The van der Waals surface area contributed by atoms with E-state index >= 15 is 0 Å². The molecule has 0 aliphatic carbocycles. The lowest BCUT2D eigenvalue weighted by molar-refractivity contribution is -0.147. The van der Waals surface area contributed by atoms with Crippen LogP contribution < -0.4 is 5.73 Å². The number of nitrogens with two attached hydrogens (primary N) is 1. The van der Waals surface area contributed by atoms with E-state index in [-0.39, 0.29) is 18.0 Å². The van der Waals surface area contributed by atoms with Crippen LogP contribution in [0.3, 0.4) is 0 Å². The Morgan fingerprint density at radius 2 is 2.00 bits per heavy atom. The van der Waals surface area contributed by atoms with Gasteiger partial charge in [0.1, 0.15) is 0 Å².